The summed E-state index contributed by atoms with van der Waals surface area (Å²) in [5.74, 6) is 0.192. The van der Waals surface area contributed by atoms with Gasteiger partial charge in [-0.3, -0.25) is 14.2 Å². The van der Waals surface area contributed by atoms with Gasteiger partial charge in [-0.2, -0.15) is 0 Å². The first-order chi connectivity index (χ1) is 14.9. The number of aryl methyl sites for hydroxylation is 1. The number of hydrogen-bond acceptors (Lipinski definition) is 6. The number of nitrogen functional groups attached to an aromatic ring is 1. The summed E-state index contributed by atoms with van der Waals surface area (Å²) in [6.07, 6.45) is 3.69. The van der Waals surface area contributed by atoms with Crippen molar-refractivity contribution in [2.45, 2.75) is 52.6 Å². The van der Waals surface area contributed by atoms with Crippen LogP contribution >= 0.6 is 0 Å². The van der Waals surface area contributed by atoms with E-state index in [1.165, 1.54) is 11.7 Å². The van der Waals surface area contributed by atoms with Crippen molar-refractivity contribution in [2.24, 2.45) is 0 Å². The number of amides is 1. The summed E-state index contributed by atoms with van der Waals surface area (Å²) >= 11 is 0. The molecule has 168 valence electrons. The minimum absolute atomic E-state index is 0.177. The molecular formula is C22H31N5O4. The van der Waals surface area contributed by atoms with Crippen molar-refractivity contribution in [2.75, 3.05) is 36.1 Å². The highest BCUT2D eigenvalue weighted by molar-refractivity contribution is 5.92. The Kier molecular flexibility index (Phi) is 7.04. The van der Waals surface area contributed by atoms with Crippen LogP contribution in [-0.4, -0.2) is 35.2 Å². The van der Waals surface area contributed by atoms with E-state index in [1.54, 1.807) is 12.1 Å². The van der Waals surface area contributed by atoms with Gasteiger partial charge in [0, 0.05) is 19.6 Å². The van der Waals surface area contributed by atoms with Crippen molar-refractivity contribution in [1.82, 2.24) is 9.13 Å². The molecule has 0 bridgehead atoms. The van der Waals surface area contributed by atoms with E-state index in [1.807, 2.05) is 24.8 Å². The molecule has 0 atom stereocenters. The zero-order chi connectivity index (χ0) is 22.5. The molecule has 2 aromatic rings. The van der Waals surface area contributed by atoms with Gasteiger partial charge in [-0.05, 0) is 50.3 Å². The number of benzene rings is 1. The second-order valence-corrected chi connectivity index (χ2v) is 7.86. The number of carbonyl (C=O) groups is 1. The van der Waals surface area contributed by atoms with E-state index >= 15 is 0 Å². The lowest BCUT2D eigenvalue weighted by molar-refractivity contribution is -0.116. The van der Waals surface area contributed by atoms with Crippen LogP contribution in [-0.2, 0) is 17.9 Å². The molecule has 0 aliphatic carbocycles. The SMILES string of the molecule is CCCn1c(N)c(N2CCCCC2)c(=O)n(CC(=O)Nc2cc(C)ccc2OC)c1=O. The van der Waals surface area contributed by atoms with E-state index < -0.39 is 23.7 Å². The van der Waals surface area contributed by atoms with Gasteiger partial charge in [0.15, 0.2) is 0 Å². The summed E-state index contributed by atoms with van der Waals surface area (Å²) in [6, 6.07) is 5.40. The van der Waals surface area contributed by atoms with Crippen LogP contribution in [0.5, 0.6) is 5.75 Å². The first kappa shape index (κ1) is 22.5. The zero-order valence-electron chi connectivity index (χ0n) is 18.4. The Hall–Kier alpha value is -3.23. The first-order valence-corrected chi connectivity index (χ1v) is 10.7. The summed E-state index contributed by atoms with van der Waals surface area (Å²) in [5.41, 5.74) is 6.92. The molecule has 31 heavy (non-hydrogen) atoms. The highest BCUT2D eigenvalue weighted by Crippen LogP contribution is 2.25. The van der Waals surface area contributed by atoms with Gasteiger partial charge in [-0.1, -0.05) is 13.0 Å². The molecule has 1 amide bonds. The number of piperidine rings is 1. The Bertz CT molecular complexity index is 1070. The van der Waals surface area contributed by atoms with Crippen molar-refractivity contribution in [1.29, 1.82) is 0 Å². The van der Waals surface area contributed by atoms with E-state index in [9.17, 15) is 14.4 Å². The van der Waals surface area contributed by atoms with Gasteiger partial charge in [0.25, 0.3) is 5.56 Å². The fourth-order valence-electron chi connectivity index (χ4n) is 3.95. The van der Waals surface area contributed by atoms with Crippen LogP contribution in [0.25, 0.3) is 0 Å². The van der Waals surface area contributed by atoms with Crippen LogP contribution in [0.3, 0.4) is 0 Å². The van der Waals surface area contributed by atoms with Crippen LogP contribution in [0.1, 0.15) is 38.2 Å². The quantitative estimate of drug-likeness (QED) is 0.696. The molecule has 2 heterocycles. The van der Waals surface area contributed by atoms with Gasteiger partial charge in [0.1, 0.15) is 23.8 Å². The van der Waals surface area contributed by atoms with Crippen LogP contribution in [0, 0.1) is 6.92 Å². The highest BCUT2D eigenvalue weighted by Gasteiger charge is 2.24. The lowest BCUT2D eigenvalue weighted by atomic mass is 10.1. The third-order valence-electron chi connectivity index (χ3n) is 5.49. The number of aromatic nitrogens is 2. The van der Waals surface area contributed by atoms with Crippen molar-refractivity contribution in [3.05, 3.63) is 44.6 Å². The molecule has 1 fully saturated rings. The lowest BCUT2D eigenvalue weighted by Crippen LogP contribution is -2.47. The molecule has 1 aromatic heterocycles. The lowest BCUT2D eigenvalue weighted by Gasteiger charge is -2.30. The maximum absolute atomic E-state index is 13.3. The largest absolute Gasteiger partial charge is 0.495 e. The molecule has 1 saturated heterocycles. The third-order valence-corrected chi connectivity index (χ3v) is 5.49. The number of ether oxygens (including phenoxy) is 1. The van der Waals surface area contributed by atoms with Gasteiger partial charge in [-0.25, -0.2) is 9.36 Å². The molecular weight excluding hydrogens is 398 g/mol. The fourth-order valence-corrected chi connectivity index (χ4v) is 3.95. The number of hydrogen-bond donors (Lipinski definition) is 2. The summed E-state index contributed by atoms with van der Waals surface area (Å²) in [6.45, 7) is 5.21. The Labute approximate surface area is 181 Å². The zero-order valence-corrected chi connectivity index (χ0v) is 18.4. The van der Waals surface area contributed by atoms with E-state index in [4.69, 9.17) is 10.5 Å². The average molecular weight is 430 g/mol. The topological polar surface area (TPSA) is 112 Å². The normalized spacial score (nSPS) is 13.8. The van der Waals surface area contributed by atoms with Gasteiger partial charge in [0.2, 0.25) is 5.91 Å². The molecule has 9 heteroatoms. The summed E-state index contributed by atoms with van der Waals surface area (Å²) in [4.78, 5) is 41.0. The second kappa shape index (κ2) is 9.72. The number of rotatable bonds is 7. The highest BCUT2D eigenvalue weighted by atomic mass is 16.5. The molecule has 9 nitrogen and oxygen atoms in total. The van der Waals surface area contributed by atoms with Gasteiger partial charge >= 0.3 is 5.69 Å². The molecule has 1 aromatic carbocycles. The van der Waals surface area contributed by atoms with Crippen LogP contribution < -0.4 is 31.9 Å². The van der Waals surface area contributed by atoms with Crippen LogP contribution in [0.2, 0.25) is 0 Å². The molecule has 1 aliphatic heterocycles. The number of anilines is 3. The Morgan fingerprint density at radius 2 is 1.87 bits per heavy atom. The number of nitrogens with zero attached hydrogens (tertiary/aromatic N) is 3. The van der Waals surface area contributed by atoms with Gasteiger partial charge in [-0.15, -0.1) is 0 Å². The standard InChI is InChI=1S/C22H31N5O4/c1-4-10-26-20(23)19(25-11-6-5-7-12-25)21(29)27(22(26)30)14-18(28)24-16-13-15(2)8-9-17(16)31-3/h8-9,13H,4-7,10-12,14,23H2,1-3H3,(H,24,28). The maximum atomic E-state index is 13.3. The van der Waals surface area contributed by atoms with Gasteiger partial charge < -0.3 is 20.7 Å². The van der Waals surface area contributed by atoms with E-state index in [0.717, 1.165) is 29.4 Å². The van der Waals surface area contributed by atoms with E-state index in [2.05, 4.69) is 5.32 Å². The predicted octanol–water partition coefficient (Wildman–Crippen LogP) is 1.95. The number of nitrogens with one attached hydrogen (secondary N) is 1. The molecule has 3 N–H and O–H groups in total. The Morgan fingerprint density at radius 1 is 1.16 bits per heavy atom. The van der Waals surface area contributed by atoms with Crippen LogP contribution in [0.15, 0.2) is 27.8 Å². The minimum Gasteiger partial charge on any atom is -0.495 e. The molecule has 3 rings (SSSR count). The van der Waals surface area contributed by atoms with Crippen molar-refractivity contribution in [3.63, 3.8) is 0 Å². The fraction of sp³-hybridized carbons (Fsp3) is 0.500. The molecule has 0 spiro atoms. The predicted molar refractivity (Wildman–Crippen MR) is 122 cm³/mol. The first-order valence-electron chi connectivity index (χ1n) is 10.7. The summed E-state index contributed by atoms with van der Waals surface area (Å²) in [7, 11) is 1.51. The third kappa shape index (κ3) is 4.76. The van der Waals surface area contributed by atoms with Crippen molar-refractivity contribution >= 4 is 23.1 Å². The maximum Gasteiger partial charge on any atom is 0.333 e. The second-order valence-electron chi connectivity index (χ2n) is 7.86. The van der Waals surface area contributed by atoms with Gasteiger partial charge in [0.05, 0.1) is 12.8 Å². The monoisotopic (exact) mass is 429 g/mol. The van der Waals surface area contributed by atoms with Crippen molar-refractivity contribution in [3.8, 4) is 5.75 Å². The average Bonchev–Trinajstić information content (AvgIpc) is 2.75. The minimum atomic E-state index is -0.573. The van der Waals surface area contributed by atoms with Crippen molar-refractivity contribution < 1.29 is 9.53 Å². The van der Waals surface area contributed by atoms with E-state index in [0.29, 0.717) is 43.2 Å². The van der Waals surface area contributed by atoms with Crippen LogP contribution in [0.4, 0.5) is 17.2 Å². The molecule has 0 unspecified atom stereocenters. The number of nitrogens with two attached hydrogens (primary N) is 1. The molecule has 0 radical (unpaired) electrons. The molecule has 1 aliphatic rings. The van der Waals surface area contributed by atoms with E-state index in [-0.39, 0.29) is 5.82 Å². The number of carbonyl (C=O) groups excluding carboxylic acids is 1. The summed E-state index contributed by atoms with van der Waals surface area (Å²) < 4.78 is 7.67. The molecule has 0 saturated carbocycles. The Balaban J connectivity index is 1.99. The summed E-state index contributed by atoms with van der Waals surface area (Å²) in [5, 5.41) is 2.75. The smallest absolute Gasteiger partial charge is 0.333 e. The Morgan fingerprint density at radius 3 is 2.52 bits per heavy atom. The number of methoxy groups -OCH3 is 1.